The summed E-state index contributed by atoms with van der Waals surface area (Å²) in [7, 11) is 0. The number of piperazine rings is 1. The van der Waals surface area contributed by atoms with Crippen LogP contribution >= 0.6 is 15.9 Å². The second-order valence-electron chi connectivity index (χ2n) is 4.80. The molecule has 7 nitrogen and oxygen atoms in total. The van der Waals surface area contributed by atoms with Gasteiger partial charge in [0.25, 0.3) is 0 Å². The fourth-order valence-corrected chi connectivity index (χ4v) is 2.44. The van der Waals surface area contributed by atoms with Crippen LogP contribution in [0.5, 0.6) is 0 Å². The standard InChI is InChI=1S/C12H16BrN7/c1-9-16-11(18-17-9)8-19-2-4-20(5-3-19)12-14-6-10(13)7-15-12/h6-7H,2-5,8H2,1H3,(H,16,17,18). The summed E-state index contributed by atoms with van der Waals surface area (Å²) in [6.07, 6.45) is 3.57. The molecule has 0 atom stereocenters. The van der Waals surface area contributed by atoms with Crippen LogP contribution in [0.4, 0.5) is 5.95 Å². The van der Waals surface area contributed by atoms with E-state index in [0.29, 0.717) is 0 Å². The summed E-state index contributed by atoms with van der Waals surface area (Å²) < 4.78 is 0.903. The molecule has 0 aromatic carbocycles. The summed E-state index contributed by atoms with van der Waals surface area (Å²) in [4.78, 5) is 17.6. The molecule has 20 heavy (non-hydrogen) atoms. The van der Waals surface area contributed by atoms with Crippen LogP contribution in [0.1, 0.15) is 11.6 Å². The van der Waals surface area contributed by atoms with Gasteiger partial charge < -0.3 is 4.90 Å². The van der Waals surface area contributed by atoms with Crippen molar-refractivity contribution in [1.29, 1.82) is 0 Å². The molecule has 1 aliphatic rings. The lowest BCUT2D eigenvalue weighted by molar-refractivity contribution is 0.243. The highest BCUT2D eigenvalue weighted by Gasteiger charge is 2.19. The molecule has 0 saturated carbocycles. The van der Waals surface area contributed by atoms with Crippen molar-refractivity contribution in [2.75, 3.05) is 31.1 Å². The Balaban J connectivity index is 1.55. The maximum atomic E-state index is 4.34. The van der Waals surface area contributed by atoms with Crippen molar-refractivity contribution < 1.29 is 0 Å². The quantitative estimate of drug-likeness (QED) is 0.900. The van der Waals surface area contributed by atoms with Gasteiger partial charge in [0.1, 0.15) is 5.82 Å². The largest absolute Gasteiger partial charge is 0.338 e. The smallest absolute Gasteiger partial charge is 0.225 e. The van der Waals surface area contributed by atoms with E-state index in [-0.39, 0.29) is 0 Å². The van der Waals surface area contributed by atoms with Gasteiger partial charge in [-0.3, -0.25) is 10.00 Å². The predicted molar refractivity (Wildman–Crippen MR) is 78.3 cm³/mol. The number of H-pyrrole nitrogens is 1. The van der Waals surface area contributed by atoms with Crippen molar-refractivity contribution in [3.05, 3.63) is 28.5 Å². The van der Waals surface area contributed by atoms with Crippen LogP contribution in [-0.2, 0) is 6.54 Å². The fourth-order valence-electron chi connectivity index (χ4n) is 2.23. The Hall–Kier alpha value is -1.54. The molecule has 8 heteroatoms. The van der Waals surface area contributed by atoms with Crippen LogP contribution in [0.2, 0.25) is 0 Å². The van der Waals surface area contributed by atoms with E-state index in [1.54, 1.807) is 12.4 Å². The summed E-state index contributed by atoms with van der Waals surface area (Å²) in [5.41, 5.74) is 0. The van der Waals surface area contributed by atoms with Crippen LogP contribution < -0.4 is 4.90 Å². The van der Waals surface area contributed by atoms with E-state index in [1.165, 1.54) is 0 Å². The monoisotopic (exact) mass is 337 g/mol. The third-order valence-corrected chi connectivity index (χ3v) is 3.68. The van der Waals surface area contributed by atoms with E-state index in [4.69, 9.17) is 0 Å². The molecular weight excluding hydrogens is 322 g/mol. The Kier molecular flexibility index (Phi) is 3.93. The number of anilines is 1. The second kappa shape index (κ2) is 5.84. The normalized spacial score (nSPS) is 16.6. The average Bonchev–Trinajstić information content (AvgIpc) is 2.86. The number of nitrogens with one attached hydrogen (secondary N) is 1. The van der Waals surface area contributed by atoms with Crippen LogP contribution in [0.15, 0.2) is 16.9 Å². The van der Waals surface area contributed by atoms with Gasteiger partial charge in [-0.2, -0.15) is 5.10 Å². The molecule has 3 heterocycles. The van der Waals surface area contributed by atoms with E-state index in [2.05, 4.69) is 50.9 Å². The number of nitrogens with zero attached hydrogens (tertiary/aromatic N) is 6. The van der Waals surface area contributed by atoms with Gasteiger partial charge in [0, 0.05) is 38.6 Å². The molecule has 2 aromatic heterocycles. The van der Waals surface area contributed by atoms with Gasteiger partial charge in [-0.25, -0.2) is 15.0 Å². The van der Waals surface area contributed by atoms with E-state index in [0.717, 1.165) is 54.8 Å². The number of hydrogen-bond donors (Lipinski definition) is 1. The maximum Gasteiger partial charge on any atom is 0.225 e. The summed E-state index contributed by atoms with van der Waals surface area (Å²) in [6.45, 7) is 6.48. The van der Waals surface area contributed by atoms with Crippen molar-refractivity contribution in [3.8, 4) is 0 Å². The number of aromatic amines is 1. The Morgan fingerprint density at radius 1 is 1.20 bits per heavy atom. The van der Waals surface area contributed by atoms with Crippen molar-refractivity contribution in [1.82, 2.24) is 30.0 Å². The highest BCUT2D eigenvalue weighted by atomic mass is 79.9. The van der Waals surface area contributed by atoms with Crippen molar-refractivity contribution in [2.24, 2.45) is 0 Å². The molecule has 0 unspecified atom stereocenters. The first-order valence-corrected chi connectivity index (χ1v) is 7.33. The lowest BCUT2D eigenvalue weighted by Gasteiger charge is -2.34. The number of aryl methyl sites for hydroxylation is 1. The second-order valence-corrected chi connectivity index (χ2v) is 5.72. The minimum Gasteiger partial charge on any atom is -0.338 e. The van der Waals surface area contributed by atoms with E-state index < -0.39 is 0 Å². The molecule has 1 fully saturated rings. The highest BCUT2D eigenvalue weighted by Crippen LogP contribution is 2.14. The van der Waals surface area contributed by atoms with Gasteiger partial charge >= 0.3 is 0 Å². The van der Waals surface area contributed by atoms with E-state index in [9.17, 15) is 0 Å². The summed E-state index contributed by atoms with van der Waals surface area (Å²) in [6, 6.07) is 0. The Morgan fingerprint density at radius 2 is 1.90 bits per heavy atom. The van der Waals surface area contributed by atoms with Gasteiger partial charge in [-0.15, -0.1) is 0 Å². The average molecular weight is 338 g/mol. The lowest BCUT2D eigenvalue weighted by atomic mass is 10.3. The molecule has 0 bridgehead atoms. The van der Waals surface area contributed by atoms with Gasteiger partial charge in [-0.1, -0.05) is 0 Å². The molecule has 2 aromatic rings. The number of hydrogen-bond acceptors (Lipinski definition) is 6. The third-order valence-electron chi connectivity index (χ3n) is 3.27. The van der Waals surface area contributed by atoms with Gasteiger partial charge in [0.15, 0.2) is 5.82 Å². The maximum absolute atomic E-state index is 4.34. The molecule has 0 aliphatic carbocycles. The van der Waals surface area contributed by atoms with Crippen molar-refractivity contribution in [2.45, 2.75) is 13.5 Å². The Labute approximate surface area is 125 Å². The third kappa shape index (κ3) is 3.13. The number of rotatable bonds is 3. The molecular formula is C12H16BrN7. The molecule has 1 saturated heterocycles. The molecule has 0 radical (unpaired) electrons. The lowest BCUT2D eigenvalue weighted by Crippen LogP contribution is -2.46. The van der Waals surface area contributed by atoms with Crippen LogP contribution in [0.3, 0.4) is 0 Å². The molecule has 106 valence electrons. The first kappa shape index (κ1) is 13.4. The Bertz CT molecular complexity index is 559. The van der Waals surface area contributed by atoms with Gasteiger partial charge in [-0.05, 0) is 22.9 Å². The zero-order valence-electron chi connectivity index (χ0n) is 11.3. The number of aromatic nitrogens is 5. The summed E-state index contributed by atoms with van der Waals surface area (Å²) in [5, 5.41) is 7.05. The SMILES string of the molecule is Cc1nc(CN2CCN(c3ncc(Br)cn3)CC2)n[nH]1. The molecule has 0 amide bonds. The fraction of sp³-hybridized carbons (Fsp3) is 0.500. The van der Waals surface area contributed by atoms with Crippen LogP contribution in [0.25, 0.3) is 0 Å². The zero-order chi connectivity index (χ0) is 13.9. The molecule has 0 spiro atoms. The number of halogens is 1. The summed E-state index contributed by atoms with van der Waals surface area (Å²) in [5.74, 6) is 2.51. The first-order valence-electron chi connectivity index (χ1n) is 6.53. The Morgan fingerprint density at radius 3 is 2.50 bits per heavy atom. The van der Waals surface area contributed by atoms with Crippen LogP contribution in [-0.4, -0.2) is 56.2 Å². The zero-order valence-corrected chi connectivity index (χ0v) is 12.8. The van der Waals surface area contributed by atoms with Gasteiger partial charge in [0.2, 0.25) is 5.95 Å². The van der Waals surface area contributed by atoms with Crippen molar-refractivity contribution in [3.63, 3.8) is 0 Å². The molecule has 3 rings (SSSR count). The highest BCUT2D eigenvalue weighted by molar-refractivity contribution is 9.10. The van der Waals surface area contributed by atoms with Gasteiger partial charge in [0.05, 0.1) is 11.0 Å². The first-order chi connectivity index (χ1) is 9.70. The minimum atomic E-state index is 0.791. The molecule has 1 aliphatic heterocycles. The topological polar surface area (TPSA) is 73.8 Å². The predicted octanol–water partition coefficient (Wildman–Crippen LogP) is 0.988. The minimum absolute atomic E-state index is 0.791. The summed E-state index contributed by atoms with van der Waals surface area (Å²) >= 11 is 3.35. The molecule has 1 N–H and O–H groups in total. The van der Waals surface area contributed by atoms with Crippen LogP contribution in [0, 0.1) is 6.92 Å². The van der Waals surface area contributed by atoms with E-state index in [1.807, 2.05) is 6.92 Å². The van der Waals surface area contributed by atoms with E-state index >= 15 is 0 Å². The van der Waals surface area contributed by atoms with Crippen molar-refractivity contribution >= 4 is 21.9 Å².